The van der Waals surface area contributed by atoms with Gasteiger partial charge in [-0.2, -0.15) is 0 Å². The number of hydrogen-bond donors (Lipinski definition) is 1. The molecule has 5 nitrogen and oxygen atoms in total. The minimum atomic E-state index is -0.793. The molecule has 0 aliphatic carbocycles. The molecule has 0 heterocycles. The number of likely N-dealkylation sites (N-methyl/N-ethyl adjacent to an activating group) is 1. The molecule has 0 unspecified atom stereocenters. The van der Waals surface area contributed by atoms with Crippen molar-refractivity contribution in [3.05, 3.63) is 97.9 Å². The highest BCUT2D eigenvalue weighted by molar-refractivity contribution is 6.42. The Balaban J connectivity index is 1.90. The maximum Gasteiger partial charge on any atom is 0.261 e. The molecule has 9 heteroatoms. The lowest BCUT2D eigenvalue weighted by Crippen LogP contribution is -2.51. The van der Waals surface area contributed by atoms with E-state index in [1.807, 2.05) is 30.3 Å². The second kappa shape index (κ2) is 12.3. The predicted molar refractivity (Wildman–Crippen MR) is 137 cm³/mol. The van der Waals surface area contributed by atoms with Crippen molar-refractivity contribution < 1.29 is 14.3 Å². The maximum atomic E-state index is 13.4. The highest BCUT2D eigenvalue weighted by Crippen LogP contribution is 2.28. The van der Waals surface area contributed by atoms with Gasteiger partial charge in [-0.3, -0.25) is 9.59 Å². The van der Waals surface area contributed by atoms with Crippen LogP contribution in [0, 0.1) is 0 Å². The van der Waals surface area contributed by atoms with E-state index < -0.39 is 11.9 Å². The molecule has 0 aliphatic heterocycles. The number of carbonyl (C=O) groups is 2. The van der Waals surface area contributed by atoms with Gasteiger partial charge in [-0.1, -0.05) is 82.8 Å². The zero-order chi connectivity index (χ0) is 24.7. The normalized spacial score (nSPS) is 11.6. The van der Waals surface area contributed by atoms with Crippen LogP contribution < -0.4 is 10.1 Å². The van der Waals surface area contributed by atoms with Gasteiger partial charge in [-0.15, -0.1) is 0 Å². The van der Waals surface area contributed by atoms with Crippen molar-refractivity contribution in [2.45, 2.75) is 19.0 Å². The summed E-state index contributed by atoms with van der Waals surface area (Å²) in [6.45, 7) is -0.205. The summed E-state index contributed by atoms with van der Waals surface area (Å²) in [5.41, 5.74) is 1.62. The van der Waals surface area contributed by atoms with Crippen molar-refractivity contribution in [1.82, 2.24) is 10.2 Å². The van der Waals surface area contributed by atoms with E-state index in [0.717, 1.165) is 5.56 Å². The van der Waals surface area contributed by atoms with Crippen LogP contribution in [0.25, 0.3) is 0 Å². The summed E-state index contributed by atoms with van der Waals surface area (Å²) in [4.78, 5) is 27.8. The van der Waals surface area contributed by atoms with Gasteiger partial charge < -0.3 is 15.0 Å². The molecule has 1 N–H and O–H groups in total. The van der Waals surface area contributed by atoms with E-state index in [0.29, 0.717) is 32.8 Å². The zero-order valence-corrected chi connectivity index (χ0v) is 21.3. The number of rotatable bonds is 9. The summed E-state index contributed by atoms with van der Waals surface area (Å²) in [5, 5.41) is 4.15. The molecule has 3 aromatic carbocycles. The topological polar surface area (TPSA) is 58.6 Å². The third-order valence-electron chi connectivity index (χ3n) is 5.10. The zero-order valence-electron chi connectivity index (χ0n) is 18.2. The summed E-state index contributed by atoms with van der Waals surface area (Å²) < 4.78 is 5.67. The molecule has 2 amide bonds. The fourth-order valence-electron chi connectivity index (χ4n) is 3.37. The second-order valence-corrected chi connectivity index (χ2v) is 9.11. The summed E-state index contributed by atoms with van der Waals surface area (Å²) in [6, 6.07) is 18.5. The van der Waals surface area contributed by atoms with Gasteiger partial charge in [0, 0.05) is 25.0 Å². The van der Waals surface area contributed by atoms with E-state index in [-0.39, 0.29) is 24.1 Å². The Hall–Kier alpha value is -2.44. The standard InChI is InChI=1S/C25H22Cl4N2O3/c1-30-25(33)22(12-16-5-3-2-4-6-16)31(14-17-7-9-19(27)20(28)11-17)24(32)15-34-23-10-8-18(26)13-21(23)29/h2-11,13,22H,12,14-15H2,1H3,(H,30,33)/t22-/m1/s1. The number of hydrogen-bond acceptors (Lipinski definition) is 3. The highest BCUT2D eigenvalue weighted by Gasteiger charge is 2.30. The van der Waals surface area contributed by atoms with Gasteiger partial charge in [0.05, 0.1) is 15.1 Å². The number of halogens is 4. The van der Waals surface area contributed by atoms with E-state index in [2.05, 4.69) is 5.32 Å². The van der Waals surface area contributed by atoms with Crippen LogP contribution in [0.1, 0.15) is 11.1 Å². The molecule has 34 heavy (non-hydrogen) atoms. The lowest BCUT2D eigenvalue weighted by molar-refractivity contribution is -0.142. The third-order valence-corrected chi connectivity index (χ3v) is 6.37. The van der Waals surface area contributed by atoms with Crippen LogP contribution in [-0.2, 0) is 22.6 Å². The first-order chi connectivity index (χ1) is 16.3. The Morgan fingerprint density at radius 2 is 1.62 bits per heavy atom. The Kier molecular flexibility index (Phi) is 9.48. The van der Waals surface area contributed by atoms with E-state index in [1.165, 1.54) is 18.0 Å². The van der Waals surface area contributed by atoms with Crippen LogP contribution >= 0.6 is 46.4 Å². The first-order valence-electron chi connectivity index (χ1n) is 10.3. The molecule has 1 atom stereocenters. The Labute approximate surface area is 218 Å². The van der Waals surface area contributed by atoms with E-state index in [9.17, 15) is 9.59 Å². The largest absolute Gasteiger partial charge is 0.482 e. The van der Waals surface area contributed by atoms with Gasteiger partial charge >= 0.3 is 0 Å². The molecule has 178 valence electrons. The average molecular weight is 540 g/mol. The molecule has 3 aromatic rings. The molecule has 0 radical (unpaired) electrons. The van der Waals surface area contributed by atoms with E-state index in [1.54, 1.807) is 30.3 Å². The SMILES string of the molecule is CNC(=O)[C@@H](Cc1ccccc1)N(Cc1ccc(Cl)c(Cl)c1)C(=O)COc1ccc(Cl)cc1Cl. The quantitative estimate of drug-likeness (QED) is 0.359. The Bertz CT molecular complexity index is 1160. The Morgan fingerprint density at radius 1 is 0.882 bits per heavy atom. The lowest BCUT2D eigenvalue weighted by atomic mass is 10.0. The monoisotopic (exact) mass is 538 g/mol. The molecule has 0 fully saturated rings. The molecule has 0 aromatic heterocycles. The van der Waals surface area contributed by atoms with Gasteiger partial charge in [-0.05, 0) is 41.5 Å². The second-order valence-electron chi connectivity index (χ2n) is 7.45. The fraction of sp³-hybridized carbons (Fsp3) is 0.200. The summed E-state index contributed by atoms with van der Waals surface area (Å²) in [5.74, 6) is -0.392. The van der Waals surface area contributed by atoms with Gasteiger partial charge in [0.15, 0.2) is 6.61 Å². The number of nitrogens with zero attached hydrogens (tertiary/aromatic N) is 1. The first kappa shape index (κ1) is 26.2. The number of benzene rings is 3. The van der Waals surface area contributed by atoms with Crippen LogP contribution in [0.15, 0.2) is 66.7 Å². The van der Waals surface area contributed by atoms with Crippen molar-refractivity contribution in [2.24, 2.45) is 0 Å². The van der Waals surface area contributed by atoms with Crippen molar-refractivity contribution >= 4 is 58.2 Å². The van der Waals surface area contributed by atoms with Crippen molar-refractivity contribution in [1.29, 1.82) is 0 Å². The molecule has 0 spiro atoms. The van der Waals surface area contributed by atoms with E-state index in [4.69, 9.17) is 51.1 Å². The molecule has 0 saturated carbocycles. The first-order valence-corrected chi connectivity index (χ1v) is 11.9. The van der Waals surface area contributed by atoms with Gasteiger partial charge in [0.25, 0.3) is 5.91 Å². The van der Waals surface area contributed by atoms with Crippen LogP contribution in [-0.4, -0.2) is 36.4 Å². The maximum absolute atomic E-state index is 13.4. The van der Waals surface area contributed by atoms with Crippen molar-refractivity contribution in [2.75, 3.05) is 13.7 Å². The van der Waals surface area contributed by atoms with Crippen LogP contribution in [0.5, 0.6) is 5.75 Å². The van der Waals surface area contributed by atoms with Crippen LogP contribution in [0.3, 0.4) is 0 Å². The summed E-state index contributed by atoms with van der Waals surface area (Å²) in [6.07, 6.45) is 0.315. The summed E-state index contributed by atoms with van der Waals surface area (Å²) >= 11 is 24.3. The van der Waals surface area contributed by atoms with Gasteiger partial charge in [0.1, 0.15) is 11.8 Å². The van der Waals surface area contributed by atoms with Crippen molar-refractivity contribution in [3.63, 3.8) is 0 Å². The highest BCUT2D eigenvalue weighted by atomic mass is 35.5. The minimum absolute atomic E-state index is 0.123. The lowest BCUT2D eigenvalue weighted by Gasteiger charge is -2.31. The molecule has 3 rings (SSSR count). The minimum Gasteiger partial charge on any atom is -0.482 e. The fourth-order valence-corrected chi connectivity index (χ4v) is 4.15. The Morgan fingerprint density at radius 3 is 2.26 bits per heavy atom. The molecular weight excluding hydrogens is 518 g/mol. The number of ether oxygens (including phenoxy) is 1. The molecule has 0 bridgehead atoms. The molecule has 0 saturated heterocycles. The number of amides is 2. The predicted octanol–water partition coefficient (Wildman–Crippen LogP) is 6.07. The molecule has 0 aliphatic rings. The third kappa shape index (κ3) is 7.03. The molecular formula is C25H22Cl4N2O3. The van der Waals surface area contributed by atoms with Gasteiger partial charge in [-0.25, -0.2) is 0 Å². The number of nitrogens with one attached hydrogen (secondary N) is 1. The van der Waals surface area contributed by atoms with Crippen LogP contribution in [0.2, 0.25) is 20.1 Å². The number of carbonyl (C=O) groups excluding carboxylic acids is 2. The van der Waals surface area contributed by atoms with Gasteiger partial charge in [0.2, 0.25) is 5.91 Å². The average Bonchev–Trinajstić information content (AvgIpc) is 2.83. The van der Waals surface area contributed by atoms with E-state index >= 15 is 0 Å². The van der Waals surface area contributed by atoms with Crippen molar-refractivity contribution in [3.8, 4) is 5.75 Å². The smallest absolute Gasteiger partial charge is 0.261 e. The summed E-state index contributed by atoms with van der Waals surface area (Å²) in [7, 11) is 1.53. The van der Waals surface area contributed by atoms with Crippen LogP contribution in [0.4, 0.5) is 0 Å².